The van der Waals surface area contributed by atoms with Gasteiger partial charge in [-0.2, -0.15) is 0 Å². The van der Waals surface area contributed by atoms with Crippen LogP contribution in [0.5, 0.6) is 0 Å². The average Bonchev–Trinajstić information content (AvgIpc) is 4.35. The molecule has 8 bridgehead atoms. The fraction of sp³-hybridized carbons (Fsp3) is 0.0588. The molecule has 13 rings (SSSR count). The average molecular weight is 1050 g/mol. The van der Waals surface area contributed by atoms with Gasteiger partial charge in [-0.3, -0.25) is 0 Å². The largest absolute Gasteiger partial charge is 2.00 e. The Morgan fingerprint density at radius 1 is 0.260 bits per heavy atom. The van der Waals surface area contributed by atoms with E-state index >= 15 is 0 Å². The van der Waals surface area contributed by atoms with Crippen molar-refractivity contribution in [3.8, 4) is 44.5 Å². The third-order valence-corrected chi connectivity index (χ3v) is 14.2. The van der Waals surface area contributed by atoms with Crippen molar-refractivity contribution < 1.29 is 37.7 Å². The SMILES string of the molecule is C1=Cc2nc1c(-c1cc[n+](Cc3ccccc3)cc1)c1ccc([n-]1)c(-c1cc[n+](Cc3ccccc3)cc1)c1nc(c(-c3cc[n+](Cc4ccccc4)cc3)c3ccc([n-]3)c2-c2cc[n+](Cc3ccccc3)cc2)C=C1.[Zn+2]. The van der Waals surface area contributed by atoms with Crippen LogP contribution in [0, 0.1) is 0 Å². The molecule has 2 aliphatic heterocycles. The molecule has 9 heterocycles. The molecule has 0 N–H and O–H groups in total. The Labute approximate surface area is 460 Å². The van der Waals surface area contributed by atoms with E-state index in [9.17, 15) is 0 Å². The first-order valence-electron chi connectivity index (χ1n) is 25.8. The predicted octanol–water partition coefficient (Wildman–Crippen LogP) is 11.9. The molecule has 0 spiro atoms. The molecule has 0 saturated carbocycles. The Bertz CT molecular complexity index is 3570. The van der Waals surface area contributed by atoms with Crippen LogP contribution in [0.25, 0.3) is 90.9 Å². The van der Waals surface area contributed by atoms with E-state index in [0.29, 0.717) is 0 Å². The molecular formula is C68H52N8Zn+4. The molecule has 0 aliphatic carbocycles. The zero-order chi connectivity index (χ0) is 50.6. The van der Waals surface area contributed by atoms with Crippen LogP contribution in [-0.2, 0) is 45.7 Å². The summed E-state index contributed by atoms with van der Waals surface area (Å²) in [5, 5.41) is 0. The van der Waals surface area contributed by atoms with E-state index in [4.69, 9.17) is 19.9 Å². The molecule has 0 radical (unpaired) electrons. The molecule has 77 heavy (non-hydrogen) atoms. The smallest absolute Gasteiger partial charge is 0.657 e. The van der Waals surface area contributed by atoms with Gasteiger partial charge in [0.2, 0.25) is 0 Å². The second kappa shape index (κ2) is 21.9. The van der Waals surface area contributed by atoms with E-state index in [2.05, 4.69) is 286 Å². The van der Waals surface area contributed by atoms with Crippen molar-refractivity contribution in [2.75, 3.05) is 0 Å². The summed E-state index contributed by atoms with van der Waals surface area (Å²) in [6, 6.07) is 68.2. The monoisotopic (exact) mass is 1040 g/mol. The van der Waals surface area contributed by atoms with Crippen LogP contribution in [0.15, 0.2) is 244 Å². The normalized spacial score (nSPS) is 11.6. The molecule has 2 aliphatic rings. The Morgan fingerprint density at radius 3 is 0.675 bits per heavy atom. The minimum absolute atomic E-state index is 0. The first-order valence-corrected chi connectivity index (χ1v) is 25.8. The number of rotatable bonds is 12. The number of hydrogen-bond donors (Lipinski definition) is 0. The maximum absolute atomic E-state index is 5.56. The van der Waals surface area contributed by atoms with Gasteiger partial charge in [0, 0.05) is 70.8 Å². The third kappa shape index (κ3) is 10.5. The number of benzene rings is 4. The van der Waals surface area contributed by atoms with Crippen LogP contribution in [0.4, 0.5) is 0 Å². The van der Waals surface area contributed by atoms with E-state index in [1.54, 1.807) is 0 Å². The molecule has 0 atom stereocenters. The second-order valence-corrected chi connectivity index (χ2v) is 19.3. The van der Waals surface area contributed by atoms with Crippen LogP contribution in [0.1, 0.15) is 45.0 Å². The standard InChI is InChI=1S/C68H52N8.Zn/c1-5-13-49(14-6-1)45-73-37-29-53(30-38-73)65-57-21-23-59(69-57)66(54-31-39-74(40-32-54)46-50-15-7-2-8-16-50)61-25-27-63(71-61)68(56-35-43-76(44-36-56)48-52-19-11-4-12-20-52)64-28-26-62(72-64)67(60-24-22-58(65)70-60)55-33-41-75(42-34-55)47-51-17-9-3-10-18-51;/h1-44H,45-48H2;/q2*+2. The van der Waals surface area contributed by atoms with Crippen molar-refractivity contribution in [2.45, 2.75) is 26.2 Å². The van der Waals surface area contributed by atoms with Gasteiger partial charge in [0.15, 0.2) is 75.8 Å². The van der Waals surface area contributed by atoms with Crippen molar-refractivity contribution in [2.24, 2.45) is 0 Å². The number of nitrogens with zero attached hydrogens (tertiary/aromatic N) is 8. The van der Waals surface area contributed by atoms with Crippen LogP contribution in [-0.4, -0.2) is 9.97 Å². The van der Waals surface area contributed by atoms with Gasteiger partial charge in [0.1, 0.15) is 0 Å². The summed E-state index contributed by atoms with van der Waals surface area (Å²) in [5.74, 6) is 0. The van der Waals surface area contributed by atoms with E-state index in [0.717, 1.165) is 116 Å². The molecule has 4 aromatic carbocycles. The molecule has 7 aromatic heterocycles. The van der Waals surface area contributed by atoms with E-state index < -0.39 is 0 Å². The molecular weight excluding hydrogens is 994 g/mol. The van der Waals surface area contributed by atoms with E-state index in [-0.39, 0.29) is 19.5 Å². The second-order valence-electron chi connectivity index (χ2n) is 19.3. The third-order valence-electron chi connectivity index (χ3n) is 14.2. The van der Waals surface area contributed by atoms with Gasteiger partial charge in [-0.05, 0) is 68.8 Å². The Hall–Kier alpha value is -9.30. The Kier molecular flexibility index (Phi) is 13.8. The molecule has 0 saturated heterocycles. The predicted molar refractivity (Wildman–Crippen MR) is 301 cm³/mol. The van der Waals surface area contributed by atoms with Gasteiger partial charge >= 0.3 is 19.5 Å². The van der Waals surface area contributed by atoms with Crippen molar-refractivity contribution in [3.05, 3.63) is 289 Å². The fourth-order valence-electron chi connectivity index (χ4n) is 10.4. The first-order chi connectivity index (χ1) is 37.6. The summed E-state index contributed by atoms with van der Waals surface area (Å²) in [7, 11) is 0. The van der Waals surface area contributed by atoms with Gasteiger partial charge in [-0.1, -0.05) is 146 Å². The van der Waals surface area contributed by atoms with Gasteiger partial charge in [-0.25, -0.2) is 28.2 Å². The maximum Gasteiger partial charge on any atom is 2.00 e. The summed E-state index contributed by atoms with van der Waals surface area (Å²) < 4.78 is 8.83. The van der Waals surface area contributed by atoms with Crippen LogP contribution < -0.4 is 28.2 Å². The van der Waals surface area contributed by atoms with Gasteiger partial charge in [0.25, 0.3) is 0 Å². The number of fused-ring (bicyclic) bond motifs is 8. The molecule has 0 amide bonds. The quantitative estimate of drug-likeness (QED) is 0.0903. The first kappa shape index (κ1) is 48.6. The molecule has 9 heteroatoms. The Balaban J connectivity index is 0.00000596. The number of aromatic nitrogens is 8. The van der Waals surface area contributed by atoms with Crippen molar-refractivity contribution in [3.63, 3.8) is 0 Å². The molecule has 11 aromatic rings. The number of hydrogen-bond acceptors (Lipinski definition) is 2. The summed E-state index contributed by atoms with van der Waals surface area (Å²) in [5.41, 5.74) is 19.3. The van der Waals surface area contributed by atoms with Gasteiger partial charge in [0.05, 0.1) is 22.8 Å². The van der Waals surface area contributed by atoms with E-state index in [1.165, 1.54) is 22.3 Å². The summed E-state index contributed by atoms with van der Waals surface area (Å²) >= 11 is 0. The van der Waals surface area contributed by atoms with Crippen LogP contribution >= 0.6 is 0 Å². The molecule has 0 unspecified atom stereocenters. The molecule has 8 nitrogen and oxygen atoms in total. The van der Waals surface area contributed by atoms with Crippen LogP contribution in [0.2, 0.25) is 0 Å². The fourth-order valence-corrected chi connectivity index (χ4v) is 10.4. The maximum atomic E-state index is 5.56. The van der Waals surface area contributed by atoms with Crippen molar-refractivity contribution >= 4 is 46.4 Å². The zero-order valence-corrected chi connectivity index (χ0v) is 45.5. The van der Waals surface area contributed by atoms with Crippen molar-refractivity contribution in [1.82, 2.24) is 19.9 Å². The minimum Gasteiger partial charge on any atom is -0.657 e. The summed E-state index contributed by atoms with van der Waals surface area (Å²) in [6.07, 6.45) is 25.7. The summed E-state index contributed by atoms with van der Waals surface area (Å²) in [6.45, 7) is 3.04. The summed E-state index contributed by atoms with van der Waals surface area (Å²) in [4.78, 5) is 22.2. The van der Waals surface area contributed by atoms with Gasteiger partial charge in [-0.15, -0.1) is 22.1 Å². The molecule has 0 fully saturated rings. The topological polar surface area (TPSA) is 69.5 Å². The van der Waals surface area contributed by atoms with Gasteiger partial charge < -0.3 is 9.97 Å². The van der Waals surface area contributed by atoms with Crippen LogP contribution in [0.3, 0.4) is 0 Å². The number of pyridine rings is 4. The minimum atomic E-state index is 0. The Morgan fingerprint density at radius 2 is 0.468 bits per heavy atom. The van der Waals surface area contributed by atoms with Crippen molar-refractivity contribution in [1.29, 1.82) is 0 Å². The van der Waals surface area contributed by atoms with E-state index in [1.807, 2.05) is 0 Å². The molecule has 362 valence electrons. The zero-order valence-electron chi connectivity index (χ0n) is 42.5.